The molecule has 0 N–H and O–H groups in total. The Hall–Kier alpha value is -1.60. The third kappa shape index (κ3) is 2.51. The first-order chi connectivity index (χ1) is 9.65. The average Bonchev–Trinajstić information content (AvgIpc) is 2.45. The molecule has 0 aliphatic heterocycles. The highest BCUT2D eigenvalue weighted by Crippen LogP contribution is 2.34. The molecule has 2 aromatic rings. The molecule has 1 aliphatic carbocycles. The number of fused-ring (bicyclic) bond motifs is 1. The Morgan fingerprint density at radius 3 is 2.80 bits per heavy atom. The number of rotatable bonds is 2. The van der Waals surface area contributed by atoms with Crippen LogP contribution in [-0.2, 0) is 6.42 Å². The zero-order valence-corrected chi connectivity index (χ0v) is 12.3. The van der Waals surface area contributed by atoms with Crippen molar-refractivity contribution in [3.8, 4) is 0 Å². The van der Waals surface area contributed by atoms with Gasteiger partial charge in [0.1, 0.15) is 0 Å². The first-order valence-corrected chi connectivity index (χ1v) is 7.42. The van der Waals surface area contributed by atoms with Gasteiger partial charge in [-0.25, -0.2) is 0 Å². The van der Waals surface area contributed by atoms with E-state index < -0.39 is 0 Å². The predicted molar refractivity (Wildman–Crippen MR) is 82.6 cm³/mol. The van der Waals surface area contributed by atoms with Crippen molar-refractivity contribution >= 4 is 17.4 Å². The highest BCUT2D eigenvalue weighted by molar-refractivity contribution is 6.31. The molecule has 0 heterocycles. The number of Topliss-reactive ketones (excluding diaryl/α,β-unsaturated/α-hetero) is 1. The second-order valence-corrected chi connectivity index (χ2v) is 5.96. The Balaban J connectivity index is 1.99. The van der Waals surface area contributed by atoms with Crippen LogP contribution < -0.4 is 0 Å². The lowest BCUT2D eigenvalue weighted by Crippen LogP contribution is -2.18. The van der Waals surface area contributed by atoms with Gasteiger partial charge in [-0.2, -0.15) is 0 Å². The van der Waals surface area contributed by atoms with Gasteiger partial charge in [0.25, 0.3) is 0 Å². The molecular formula is C18H17ClO. The normalized spacial score (nSPS) is 17.6. The predicted octanol–water partition coefficient (Wildman–Crippen LogP) is 4.95. The maximum Gasteiger partial charge on any atom is 0.170 e. The lowest BCUT2D eigenvalue weighted by atomic mass is 9.79. The number of halogens is 1. The van der Waals surface area contributed by atoms with E-state index in [2.05, 4.69) is 18.2 Å². The molecule has 0 aromatic heterocycles. The maximum atomic E-state index is 12.8. The van der Waals surface area contributed by atoms with Crippen LogP contribution in [0.5, 0.6) is 0 Å². The van der Waals surface area contributed by atoms with E-state index in [0.717, 1.165) is 30.4 Å². The fourth-order valence-electron chi connectivity index (χ4n) is 3.11. The van der Waals surface area contributed by atoms with E-state index >= 15 is 0 Å². The second-order valence-electron chi connectivity index (χ2n) is 5.53. The summed E-state index contributed by atoms with van der Waals surface area (Å²) in [6, 6.07) is 13.9. The van der Waals surface area contributed by atoms with E-state index in [1.807, 2.05) is 25.1 Å². The van der Waals surface area contributed by atoms with Gasteiger partial charge in [-0.05, 0) is 61.1 Å². The molecule has 0 bridgehead atoms. The minimum atomic E-state index is -0.0159. The van der Waals surface area contributed by atoms with E-state index in [1.54, 1.807) is 6.07 Å². The van der Waals surface area contributed by atoms with Crippen LogP contribution in [0, 0.1) is 6.92 Å². The van der Waals surface area contributed by atoms with Crippen molar-refractivity contribution in [2.45, 2.75) is 32.1 Å². The number of benzene rings is 2. The number of hydrogen-bond donors (Lipinski definition) is 0. The molecule has 0 saturated carbocycles. The second kappa shape index (κ2) is 5.41. The molecule has 2 heteroatoms. The maximum absolute atomic E-state index is 12.8. The van der Waals surface area contributed by atoms with Crippen LogP contribution in [0.1, 0.15) is 45.8 Å². The number of aryl methyl sites for hydroxylation is 2. The summed E-state index contributed by atoms with van der Waals surface area (Å²) in [5.74, 6) is 0.181. The van der Waals surface area contributed by atoms with Crippen molar-refractivity contribution in [1.29, 1.82) is 0 Å². The fourth-order valence-corrected chi connectivity index (χ4v) is 3.40. The number of hydrogen-bond acceptors (Lipinski definition) is 1. The van der Waals surface area contributed by atoms with Crippen LogP contribution in [0.3, 0.4) is 0 Å². The van der Waals surface area contributed by atoms with Crippen molar-refractivity contribution in [3.63, 3.8) is 0 Å². The molecule has 0 fully saturated rings. The Labute approximate surface area is 124 Å². The number of carbonyl (C=O) groups is 1. The largest absolute Gasteiger partial charge is 0.293 e. The monoisotopic (exact) mass is 284 g/mol. The van der Waals surface area contributed by atoms with Gasteiger partial charge in [-0.15, -0.1) is 0 Å². The molecule has 3 rings (SSSR count). The first kappa shape index (κ1) is 13.4. The minimum Gasteiger partial charge on any atom is -0.293 e. The van der Waals surface area contributed by atoms with E-state index in [0.29, 0.717) is 5.02 Å². The van der Waals surface area contributed by atoms with E-state index in [9.17, 15) is 4.79 Å². The molecule has 1 unspecified atom stereocenters. The van der Waals surface area contributed by atoms with Gasteiger partial charge < -0.3 is 0 Å². The van der Waals surface area contributed by atoms with Gasteiger partial charge in [0.2, 0.25) is 0 Å². The van der Waals surface area contributed by atoms with Crippen molar-refractivity contribution in [2.24, 2.45) is 0 Å². The van der Waals surface area contributed by atoms with Crippen LogP contribution in [0.4, 0.5) is 0 Å². The van der Waals surface area contributed by atoms with E-state index in [1.165, 1.54) is 11.1 Å². The summed E-state index contributed by atoms with van der Waals surface area (Å²) in [4.78, 5) is 12.8. The Bertz CT molecular complexity index is 640. The smallest absolute Gasteiger partial charge is 0.170 e. The lowest BCUT2D eigenvalue weighted by Gasteiger charge is -2.24. The van der Waals surface area contributed by atoms with Crippen molar-refractivity contribution in [3.05, 3.63) is 69.7 Å². The third-order valence-corrected chi connectivity index (χ3v) is 4.23. The Morgan fingerprint density at radius 1 is 1.20 bits per heavy atom. The molecule has 1 atom stereocenters. The van der Waals surface area contributed by atoms with E-state index in [-0.39, 0.29) is 11.7 Å². The van der Waals surface area contributed by atoms with Gasteiger partial charge in [-0.1, -0.05) is 35.9 Å². The molecule has 1 nitrogen and oxygen atoms in total. The Kier molecular flexibility index (Phi) is 3.62. The van der Waals surface area contributed by atoms with Crippen LogP contribution in [0.15, 0.2) is 42.5 Å². The SMILES string of the molecule is Cc1cc(Cl)cc(C(=O)C2CCCc3ccccc32)c1. The summed E-state index contributed by atoms with van der Waals surface area (Å²) in [5, 5.41) is 0.637. The van der Waals surface area contributed by atoms with Crippen LogP contribution >= 0.6 is 11.6 Å². The highest BCUT2D eigenvalue weighted by Gasteiger charge is 2.27. The summed E-state index contributed by atoms with van der Waals surface area (Å²) >= 11 is 6.08. The van der Waals surface area contributed by atoms with Crippen LogP contribution in [-0.4, -0.2) is 5.78 Å². The van der Waals surface area contributed by atoms with Gasteiger partial charge in [0.05, 0.1) is 0 Å². The minimum absolute atomic E-state index is 0.0159. The van der Waals surface area contributed by atoms with E-state index in [4.69, 9.17) is 11.6 Å². The number of carbonyl (C=O) groups excluding carboxylic acids is 1. The third-order valence-electron chi connectivity index (χ3n) is 4.01. The topological polar surface area (TPSA) is 17.1 Å². The first-order valence-electron chi connectivity index (χ1n) is 7.04. The summed E-state index contributed by atoms with van der Waals surface area (Å²) < 4.78 is 0. The fraction of sp³-hybridized carbons (Fsp3) is 0.278. The molecular weight excluding hydrogens is 268 g/mol. The van der Waals surface area contributed by atoms with Crippen LogP contribution in [0.25, 0.3) is 0 Å². The van der Waals surface area contributed by atoms with Crippen molar-refractivity contribution < 1.29 is 4.79 Å². The zero-order valence-electron chi connectivity index (χ0n) is 11.5. The van der Waals surface area contributed by atoms with Gasteiger partial charge in [-0.3, -0.25) is 4.79 Å². The molecule has 0 saturated heterocycles. The average molecular weight is 285 g/mol. The molecule has 20 heavy (non-hydrogen) atoms. The lowest BCUT2D eigenvalue weighted by molar-refractivity contribution is 0.0951. The molecule has 0 amide bonds. The molecule has 0 radical (unpaired) electrons. The standard InChI is InChI=1S/C18H17ClO/c1-12-9-14(11-15(19)10-12)18(20)17-8-4-6-13-5-2-3-7-16(13)17/h2-3,5,7,9-11,17H,4,6,8H2,1H3. The summed E-state index contributed by atoms with van der Waals surface area (Å²) in [6.07, 6.45) is 3.09. The molecule has 1 aliphatic rings. The molecule has 2 aromatic carbocycles. The summed E-state index contributed by atoms with van der Waals surface area (Å²) in [7, 11) is 0. The summed E-state index contributed by atoms with van der Waals surface area (Å²) in [6.45, 7) is 1.97. The quantitative estimate of drug-likeness (QED) is 0.713. The van der Waals surface area contributed by atoms with Gasteiger partial charge in [0, 0.05) is 16.5 Å². The molecule has 102 valence electrons. The van der Waals surface area contributed by atoms with Crippen molar-refractivity contribution in [1.82, 2.24) is 0 Å². The van der Waals surface area contributed by atoms with Crippen molar-refractivity contribution in [2.75, 3.05) is 0 Å². The highest BCUT2D eigenvalue weighted by atomic mass is 35.5. The van der Waals surface area contributed by atoms with Crippen LogP contribution in [0.2, 0.25) is 5.02 Å². The Morgan fingerprint density at radius 2 is 2.00 bits per heavy atom. The zero-order chi connectivity index (χ0) is 14.1. The molecule has 0 spiro atoms. The summed E-state index contributed by atoms with van der Waals surface area (Å²) in [5.41, 5.74) is 4.28. The van der Waals surface area contributed by atoms with Gasteiger partial charge in [0.15, 0.2) is 5.78 Å². The number of ketones is 1. The van der Waals surface area contributed by atoms with Gasteiger partial charge >= 0.3 is 0 Å².